The summed E-state index contributed by atoms with van der Waals surface area (Å²) in [4.78, 5) is 13.2. The zero-order chi connectivity index (χ0) is 14.9. The summed E-state index contributed by atoms with van der Waals surface area (Å²) in [6.07, 6.45) is 4.02. The minimum atomic E-state index is -0.729. The molecule has 2 saturated heterocycles. The van der Waals surface area contributed by atoms with Gasteiger partial charge in [-0.1, -0.05) is 0 Å². The highest BCUT2D eigenvalue weighted by atomic mass is 16.7. The smallest absolute Gasteiger partial charge is 0.306 e. The Kier molecular flexibility index (Phi) is 4.23. The van der Waals surface area contributed by atoms with Crippen LogP contribution in [0.4, 0.5) is 0 Å². The number of piperidine rings is 1. The van der Waals surface area contributed by atoms with E-state index in [4.69, 9.17) is 14.6 Å². The van der Waals surface area contributed by atoms with Crippen LogP contribution in [0.15, 0.2) is 0 Å². The normalized spacial score (nSPS) is 36.9. The molecule has 120 valence electrons. The zero-order valence-electron chi connectivity index (χ0n) is 12.4. The van der Waals surface area contributed by atoms with E-state index in [9.17, 15) is 9.90 Å². The Morgan fingerprint density at radius 3 is 2.19 bits per heavy atom. The Balaban J connectivity index is 1.48. The van der Waals surface area contributed by atoms with Crippen molar-refractivity contribution in [3.8, 4) is 0 Å². The van der Waals surface area contributed by atoms with Gasteiger partial charge in [0.2, 0.25) is 0 Å². The summed E-state index contributed by atoms with van der Waals surface area (Å²) in [5, 5.41) is 19.7. The lowest BCUT2D eigenvalue weighted by atomic mass is 9.78. The number of aliphatic hydroxyl groups is 1. The van der Waals surface area contributed by atoms with Crippen molar-refractivity contribution in [2.24, 2.45) is 5.92 Å². The van der Waals surface area contributed by atoms with Crippen LogP contribution in [0.1, 0.15) is 38.5 Å². The van der Waals surface area contributed by atoms with E-state index in [1.807, 2.05) is 0 Å². The van der Waals surface area contributed by atoms with Crippen LogP contribution >= 0.6 is 0 Å². The van der Waals surface area contributed by atoms with Crippen molar-refractivity contribution in [3.05, 3.63) is 0 Å². The maximum atomic E-state index is 11.0. The number of ether oxygens (including phenoxy) is 2. The monoisotopic (exact) mass is 299 g/mol. The molecule has 0 aromatic carbocycles. The van der Waals surface area contributed by atoms with Crippen LogP contribution in [-0.2, 0) is 14.3 Å². The van der Waals surface area contributed by atoms with E-state index < -0.39 is 11.6 Å². The van der Waals surface area contributed by atoms with Crippen LogP contribution in [0.25, 0.3) is 0 Å². The average Bonchev–Trinajstić information content (AvgIpc) is 2.90. The van der Waals surface area contributed by atoms with Crippen molar-refractivity contribution in [3.63, 3.8) is 0 Å². The number of hydrogen-bond acceptors (Lipinski definition) is 5. The third-order valence-electron chi connectivity index (χ3n) is 5.21. The highest BCUT2D eigenvalue weighted by Gasteiger charge is 2.42. The number of carboxylic acids is 1. The van der Waals surface area contributed by atoms with E-state index in [0.29, 0.717) is 45.4 Å². The molecule has 3 aliphatic rings. The lowest BCUT2D eigenvalue weighted by Crippen LogP contribution is -2.51. The van der Waals surface area contributed by atoms with Gasteiger partial charge in [-0.2, -0.15) is 0 Å². The van der Waals surface area contributed by atoms with Crippen LogP contribution in [0, 0.1) is 5.92 Å². The van der Waals surface area contributed by atoms with Crippen molar-refractivity contribution in [1.29, 1.82) is 0 Å². The molecule has 1 spiro atoms. The summed E-state index contributed by atoms with van der Waals surface area (Å²) in [5.41, 5.74) is -0.728. The number of aliphatic carboxylic acids is 1. The molecule has 2 heterocycles. The van der Waals surface area contributed by atoms with Gasteiger partial charge in [0.05, 0.1) is 24.7 Å². The molecule has 6 heteroatoms. The topological polar surface area (TPSA) is 79.2 Å². The second-order valence-corrected chi connectivity index (χ2v) is 6.72. The molecule has 1 saturated carbocycles. The summed E-state index contributed by atoms with van der Waals surface area (Å²) >= 11 is 0. The first kappa shape index (κ1) is 15.2. The van der Waals surface area contributed by atoms with Gasteiger partial charge in [0, 0.05) is 32.5 Å². The predicted octanol–water partition coefficient (Wildman–Crippen LogP) is 0.831. The van der Waals surface area contributed by atoms with E-state index >= 15 is 0 Å². The van der Waals surface area contributed by atoms with Gasteiger partial charge in [0.25, 0.3) is 0 Å². The van der Waals surface area contributed by atoms with Gasteiger partial charge in [-0.25, -0.2) is 0 Å². The van der Waals surface area contributed by atoms with Crippen LogP contribution in [0.3, 0.4) is 0 Å². The second kappa shape index (κ2) is 5.83. The Morgan fingerprint density at radius 2 is 1.67 bits per heavy atom. The van der Waals surface area contributed by atoms with Crippen molar-refractivity contribution >= 4 is 5.97 Å². The van der Waals surface area contributed by atoms with E-state index in [2.05, 4.69) is 4.90 Å². The number of carbonyl (C=O) groups is 1. The minimum absolute atomic E-state index is 0.282. The third kappa shape index (κ3) is 3.39. The summed E-state index contributed by atoms with van der Waals surface area (Å²) < 4.78 is 11.4. The molecule has 3 rings (SSSR count). The minimum Gasteiger partial charge on any atom is -0.481 e. The molecule has 21 heavy (non-hydrogen) atoms. The number of likely N-dealkylation sites (tertiary alicyclic amines) is 1. The summed E-state index contributed by atoms with van der Waals surface area (Å²) in [5.74, 6) is -1.39. The highest BCUT2D eigenvalue weighted by Crippen LogP contribution is 2.35. The molecule has 2 aliphatic heterocycles. The quantitative estimate of drug-likeness (QED) is 0.803. The van der Waals surface area contributed by atoms with Gasteiger partial charge >= 0.3 is 5.97 Å². The largest absolute Gasteiger partial charge is 0.481 e. The van der Waals surface area contributed by atoms with Crippen molar-refractivity contribution in [2.75, 3.05) is 32.8 Å². The number of hydrogen-bond donors (Lipinski definition) is 2. The SMILES string of the molecule is O=C(O)C1CCC(O)(CN2CCC3(CC2)OCCO3)CC1. The van der Waals surface area contributed by atoms with Crippen LogP contribution in [0.2, 0.25) is 0 Å². The molecule has 2 N–H and O–H groups in total. The van der Waals surface area contributed by atoms with Crippen molar-refractivity contribution < 1.29 is 24.5 Å². The van der Waals surface area contributed by atoms with Gasteiger partial charge < -0.3 is 24.6 Å². The Labute approximate surface area is 125 Å². The molecule has 3 fully saturated rings. The molecular formula is C15H25NO5. The Hall–Kier alpha value is -0.690. The number of nitrogens with zero attached hydrogens (tertiary/aromatic N) is 1. The molecule has 0 atom stereocenters. The van der Waals surface area contributed by atoms with Crippen LogP contribution in [0.5, 0.6) is 0 Å². The first-order valence-electron chi connectivity index (χ1n) is 7.96. The fourth-order valence-electron chi connectivity index (χ4n) is 3.81. The van der Waals surface area contributed by atoms with E-state index in [1.54, 1.807) is 0 Å². The van der Waals surface area contributed by atoms with Gasteiger partial charge in [0.1, 0.15) is 0 Å². The average molecular weight is 299 g/mol. The number of β-amino-alcohol motifs (C(OH)–C–C–N with tert-alkyl or cyclic N) is 1. The molecule has 0 bridgehead atoms. The lowest BCUT2D eigenvalue weighted by Gasteiger charge is -2.43. The van der Waals surface area contributed by atoms with Gasteiger partial charge in [-0.3, -0.25) is 4.79 Å². The fourth-order valence-corrected chi connectivity index (χ4v) is 3.81. The van der Waals surface area contributed by atoms with Gasteiger partial charge in [-0.15, -0.1) is 0 Å². The summed E-state index contributed by atoms with van der Waals surface area (Å²) in [6, 6.07) is 0. The molecule has 0 amide bonds. The molecular weight excluding hydrogens is 274 g/mol. The highest BCUT2D eigenvalue weighted by molar-refractivity contribution is 5.70. The maximum absolute atomic E-state index is 11.0. The number of carboxylic acid groups (broad SMARTS) is 1. The zero-order valence-corrected chi connectivity index (χ0v) is 12.4. The first-order chi connectivity index (χ1) is 10.0. The lowest BCUT2D eigenvalue weighted by molar-refractivity contribution is -0.189. The third-order valence-corrected chi connectivity index (χ3v) is 5.21. The Morgan fingerprint density at radius 1 is 1.10 bits per heavy atom. The van der Waals surface area contributed by atoms with Gasteiger partial charge in [-0.05, 0) is 25.7 Å². The molecule has 0 aromatic heterocycles. The van der Waals surface area contributed by atoms with Crippen LogP contribution < -0.4 is 0 Å². The summed E-state index contributed by atoms with van der Waals surface area (Å²) in [7, 11) is 0. The van der Waals surface area contributed by atoms with Crippen molar-refractivity contribution in [1.82, 2.24) is 4.90 Å². The molecule has 6 nitrogen and oxygen atoms in total. The first-order valence-corrected chi connectivity index (χ1v) is 7.96. The second-order valence-electron chi connectivity index (χ2n) is 6.72. The van der Waals surface area contributed by atoms with E-state index in [0.717, 1.165) is 25.9 Å². The predicted molar refractivity (Wildman–Crippen MR) is 74.9 cm³/mol. The molecule has 0 radical (unpaired) electrons. The number of rotatable bonds is 3. The fraction of sp³-hybridized carbons (Fsp3) is 0.933. The molecule has 0 unspecified atom stereocenters. The van der Waals surface area contributed by atoms with E-state index in [1.165, 1.54) is 0 Å². The van der Waals surface area contributed by atoms with Crippen LogP contribution in [-0.4, -0.2) is 65.3 Å². The summed E-state index contributed by atoms with van der Waals surface area (Å²) in [6.45, 7) is 3.73. The van der Waals surface area contributed by atoms with Gasteiger partial charge in [0.15, 0.2) is 5.79 Å². The van der Waals surface area contributed by atoms with E-state index in [-0.39, 0.29) is 11.7 Å². The van der Waals surface area contributed by atoms with Crippen molar-refractivity contribution in [2.45, 2.75) is 49.9 Å². The maximum Gasteiger partial charge on any atom is 0.306 e. The standard InChI is InChI=1S/C15H25NO5/c17-13(18)12-1-3-14(19,4-2-12)11-16-7-5-15(6-8-16)20-9-10-21-15/h12,19H,1-11H2,(H,17,18). The molecule has 0 aromatic rings. The molecule has 1 aliphatic carbocycles. The Bertz CT molecular complexity index is 376.